The normalized spacial score (nSPS) is 14.8. The minimum atomic E-state index is -0.775. The Labute approximate surface area is 103 Å². The largest absolute Gasteiger partial charge is 0.449 e. The Bertz CT molecular complexity index is 483. The molecule has 2 amide bonds. The van der Waals surface area contributed by atoms with Crippen LogP contribution in [0.2, 0.25) is 0 Å². The number of carbonyl (C=O) groups excluding carboxylic acids is 3. The second kappa shape index (κ2) is 5.01. The molecule has 1 N–H and O–H groups in total. The molecule has 0 bridgehead atoms. The molecular weight excluding hydrogens is 237 g/mol. The van der Waals surface area contributed by atoms with Gasteiger partial charge in [0.2, 0.25) is 0 Å². The number of imide groups is 1. The molecule has 2 rings (SSSR count). The molecule has 1 fully saturated rings. The molecule has 0 unspecified atom stereocenters. The third-order valence-electron chi connectivity index (χ3n) is 2.55. The molecule has 92 valence electrons. The molecule has 6 nitrogen and oxygen atoms in total. The number of rotatable bonds is 3. The first-order chi connectivity index (χ1) is 8.61. The summed E-state index contributed by atoms with van der Waals surface area (Å²) in [4.78, 5) is 38.9. The average Bonchev–Trinajstić information content (AvgIpc) is 2.70. The Morgan fingerprint density at radius 3 is 2.22 bits per heavy atom. The molecule has 1 aliphatic heterocycles. The molecule has 0 radical (unpaired) electrons. The van der Waals surface area contributed by atoms with Crippen LogP contribution in [0.4, 0.5) is 0 Å². The van der Waals surface area contributed by atoms with E-state index in [-0.39, 0.29) is 25.9 Å². The molecule has 0 aliphatic carbocycles. The summed E-state index contributed by atoms with van der Waals surface area (Å²) in [5, 5.41) is 9.35. The maximum atomic E-state index is 11.7. The van der Waals surface area contributed by atoms with Crippen molar-refractivity contribution in [1.29, 1.82) is 0 Å². The van der Waals surface area contributed by atoms with Gasteiger partial charge in [0.05, 0.1) is 5.56 Å². The van der Waals surface area contributed by atoms with Gasteiger partial charge in [-0.15, -0.1) is 5.06 Å². The number of amides is 2. The molecule has 1 aromatic rings. The number of nitrogens with zero attached hydrogens (tertiary/aromatic N) is 1. The zero-order valence-electron chi connectivity index (χ0n) is 9.46. The first-order valence-electron chi connectivity index (χ1n) is 5.39. The van der Waals surface area contributed by atoms with Crippen molar-refractivity contribution in [2.24, 2.45) is 0 Å². The van der Waals surface area contributed by atoms with E-state index in [4.69, 9.17) is 9.86 Å². The van der Waals surface area contributed by atoms with E-state index in [1.54, 1.807) is 12.1 Å². The Morgan fingerprint density at radius 2 is 1.72 bits per heavy atom. The van der Waals surface area contributed by atoms with Crippen molar-refractivity contribution in [2.45, 2.75) is 12.8 Å². The lowest BCUT2D eigenvalue weighted by Crippen LogP contribution is -2.32. The molecule has 1 heterocycles. The Balaban J connectivity index is 2.07. The SMILES string of the molecule is O=C(ON1C(=O)CCC1=O)c1ccc(BO)cc1. The standard InChI is InChI=1S/C11H10BNO5/c14-9-5-6-10(15)13(9)18-11(16)7-1-3-8(12-17)4-2-7/h1-4,12,17H,5-6H2. The quantitative estimate of drug-likeness (QED) is 0.540. The fourth-order valence-corrected chi connectivity index (χ4v) is 1.54. The zero-order chi connectivity index (χ0) is 13.1. The van der Waals surface area contributed by atoms with Crippen molar-refractivity contribution in [3.8, 4) is 0 Å². The predicted molar refractivity (Wildman–Crippen MR) is 61.9 cm³/mol. The van der Waals surface area contributed by atoms with E-state index in [0.717, 1.165) is 0 Å². The first-order valence-corrected chi connectivity index (χ1v) is 5.39. The maximum Gasteiger partial charge on any atom is 0.363 e. The van der Waals surface area contributed by atoms with Crippen LogP contribution < -0.4 is 5.46 Å². The predicted octanol–water partition coefficient (Wildman–Crippen LogP) is -1.12. The van der Waals surface area contributed by atoms with E-state index < -0.39 is 17.8 Å². The highest BCUT2D eigenvalue weighted by molar-refractivity contribution is 6.45. The minimum absolute atomic E-state index is 0.0650. The number of benzene rings is 1. The molecule has 7 heteroatoms. The fraction of sp³-hybridized carbons (Fsp3) is 0.182. The van der Waals surface area contributed by atoms with E-state index in [0.29, 0.717) is 10.5 Å². The summed E-state index contributed by atoms with van der Waals surface area (Å²) in [6, 6.07) is 6.03. The van der Waals surface area contributed by atoms with Crippen LogP contribution in [-0.2, 0) is 14.4 Å². The zero-order valence-corrected chi connectivity index (χ0v) is 9.46. The van der Waals surface area contributed by atoms with E-state index in [9.17, 15) is 14.4 Å². The third-order valence-corrected chi connectivity index (χ3v) is 2.55. The van der Waals surface area contributed by atoms with E-state index in [2.05, 4.69) is 0 Å². The van der Waals surface area contributed by atoms with Gasteiger partial charge < -0.3 is 9.86 Å². The van der Waals surface area contributed by atoms with Crippen LogP contribution in [0.1, 0.15) is 23.2 Å². The van der Waals surface area contributed by atoms with Crippen LogP contribution in [-0.4, -0.2) is 35.4 Å². The van der Waals surface area contributed by atoms with E-state index in [1.165, 1.54) is 12.1 Å². The van der Waals surface area contributed by atoms with Crippen LogP contribution in [0.25, 0.3) is 0 Å². The molecule has 1 saturated heterocycles. The van der Waals surface area contributed by atoms with Crippen molar-refractivity contribution in [1.82, 2.24) is 5.06 Å². The summed E-state index contributed by atoms with van der Waals surface area (Å²) >= 11 is 0. The average molecular weight is 247 g/mol. The Kier molecular flexibility index (Phi) is 3.43. The highest BCUT2D eigenvalue weighted by Gasteiger charge is 2.33. The van der Waals surface area contributed by atoms with Crippen LogP contribution in [0.5, 0.6) is 0 Å². The topological polar surface area (TPSA) is 83.9 Å². The molecule has 1 aromatic carbocycles. The lowest BCUT2D eigenvalue weighted by molar-refractivity contribution is -0.172. The van der Waals surface area contributed by atoms with Gasteiger partial charge in [0.1, 0.15) is 0 Å². The monoisotopic (exact) mass is 247 g/mol. The molecular formula is C11H10BNO5. The third kappa shape index (κ3) is 2.40. The summed E-state index contributed by atoms with van der Waals surface area (Å²) in [5.41, 5.74) is 0.861. The van der Waals surface area contributed by atoms with Gasteiger partial charge in [-0.25, -0.2) is 4.79 Å². The molecule has 18 heavy (non-hydrogen) atoms. The maximum absolute atomic E-state index is 11.7. The number of carbonyl (C=O) groups is 3. The lowest BCUT2D eigenvalue weighted by Gasteiger charge is -2.12. The second-order valence-corrected chi connectivity index (χ2v) is 3.82. The first kappa shape index (κ1) is 12.3. The van der Waals surface area contributed by atoms with Gasteiger partial charge in [0.15, 0.2) is 0 Å². The van der Waals surface area contributed by atoms with Crippen molar-refractivity contribution in [3.05, 3.63) is 29.8 Å². The van der Waals surface area contributed by atoms with Crippen LogP contribution >= 0.6 is 0 Å². The van der Waals surface area contributed by atoms with Gasteiger partial charge in [-0.05, 0) is 12.1 Å². The Hall–Kier alpha value is -2.15. The van der Waals surface area contributed by atoms with Gasteiger partial charge in [-0.2, -0.15) is 0 Å². The van der Waals surface area contributed by atoms with Crippen molar-refractivity contribution in [2.75, 3.05) is 0 Å². The van der Waals surface area contributed by atoms with Crippen LogP contribution in [0.15, 0.2) is 24.3 Å². The number of hydroxylamine groups is 2. The van der Waals surface area contributed by atoms with Crippen molar-refractivity contribution < 1.29 is 24.2 Å². The van der Waals surface area contributed by atoms with Gasteiger partial charge in [0.25, 0.3) is 11.8 Å². The van der Waals surface area contributed by atoms with Crippen molar-refractivity contribution in [3.63, 3.8) is 0 Å². The summed E-state index contributed by atoms with van der Waals surface area (Å²) in [6.07, 6.45) is 0.130. The van der Waals surface area contributed by atoms with Gasteiger partial charge in [0, 0.05) is 12.8 Å². The lowest BCUT2D eigenvalue weighted by atomic mass is 9.88. The highest BCUT2D eigenvalue weighted by Crippen LogP contribution is 2.13. The van der Waals surface area contributed by atoms with Gasteiger partial charge >= 0.3 is 13.5 Å². The van der Waals surface area contributed by atoms with Crippen LogP contribution in [0, 0.1) is 0 Å². The molecule has 1 aliphatic rings. The molecule has 0 spiro atoms. The summed E-state index contributed by atoms with van der Waals surface area (Å²) in [5.74, 6) is -1.80. The summed E-state index contributed by atoms with van der Waals surface area (Å²) in [7, 11) is -0.127. The summed E-state index contributed by atoms with van der Waals surface area (Å²) < 4.78 is 0. The fourth-order valence-electron chi connectivity index (χ4n) is 1.54. The molecule has 0 saturated carbocycles. The summed E-state index contributed by atoms with van der Waals surface area (Å²) in [6.45, 7) is 0. The number of hydrogen-bond acceptors (Lipinski definition) is 5. The van der Waals surface area contributed by atoms with Crippen LogP contribution in [0.3, 0.4) is 0 Å². The van der Waals surface area contributed by atoms with E-state index >= 15 is 0 Å². The smallest absolute Gasteiger partial charge is 0.363 e. The minimum Gasteiger partial charge on any atom is -0.449 e. The molecule has 0 aromatic heterocycles. The van der Waals surface area contributed by atoms with E-state index in [1.807, 2.05) is 0 Å². The van der Waals surface area contributed by atoms with Gasteiger partial charge in [-0.3, -0.25) is 9.59 Å². The highest BCUT2D eigenvalue weighted by atomic mass is 16.7. The number of hydrogen-bond donors (Lipinski definition) is 1. The molecule has 0 atom stereocenters. The second-order valence-electron chi connectivity index (χ2n) is 3.82. The Morgan fingerprint density at radius 1 is 1.17 bits per heavy atom. The van der Waals surface area contributed by atoms with Crippen molar-refractivity contribution >= 4 is 30.7 Å². The van der Waals surface area contributed by atoms with Gasteiger partial charge in [-0.1, -0.05) is 17.6 Å².